The van der Waals surface area contributed by atoms with Crippen LogP contribution in [0.4, 0.5) is 0 Å². The summed E-state index contributed by atoms with van der Waals surface area (Å²) in [5.41, 5.74) is 0. The van der Waals surface area contributed by atoms with E-state index in [1.54, 1.807) is 4.90 Å². The highest BCUT2D eigenvalue weighted by atomic mass is 16.2. The first-order valence-corrected chi connectivity index (χ1v) is 7.03. The minimum atomic E-state index is -0.0329. The SMILES string of the molecule is O=C1C2C3C=CC(C3)C2C(=O)N1C1CCCNC1. The normalized spacial score (nSPS) is 46.0. The Kier molecular flexibility index (Phi) is 2.19. The second-order valence-corrected chi connectivity index (χ2v) is 6.05. The molecule has 0 aromatic carbocycles. The number of hydrogen-bond acceptors (Lipinski definition) is 3. The van der Waals surface area contributed by atoms with E-state index in [9.17, 15) is 9.59 Å². The zero-order valence-corrected chi connectivity index (χ0v) is 10.3. The van der Waals surface area contributed by atoms with Crippen LogP contribution in [-0.4, -0.2) is 35.8 Å². The fourth-order valence-corrected chi connectivity index (χ4v) is 4.34. The maximum atomic E-state index is 12.5. The van der Waals surface area contributed by atoms with Gasteiger partial charge in [-0.1, -0.05) is 12.2 Å². The standard InChI is InChI=1S/C14H18N2O2/c17-13-11-8-3-4-9(6-8)12(11)14(18)16(13)10-2-1-5-15-7-10/h3-4,8-12,15H,1-2,5-7H2. The number of piperidine rings is 1. The summed E-state index contributed by atoms with van der Waals surface area (Å²) in [7, 11) is 0. The summed E-state index contributed by atoms with van der Waals surface area (Å²) in [6.07, 6.45) is 7.34. The van der Waals surface area contributed by atoms with E-state index in [4.69, 9.17) is 0 Å². The fourth-order valence-electron chi connectivity index (χ4n) is 4.34. The van der Waals surface area contributed by atoms with E-state index >= 15 is 0 Å². The van der Waals surface area contributed by atoms with Crippen LogP contribution in [0.3, 0.4) is 0 Å². The molecule has 2 bridgehead atoms. The number of carbonyl (C=O) groups excluding carboxylic acids is 2. The average molecular weight is 246 g/mol. The number of imide groups is 1. The van der Waals surface area contributed by atoms with Gasteiger partial charge in [-0.2, -0.15) is 0 Å². The van der Waals surface area contributed by atoms with Crippen molar-refractivity contribution in [1.29, 1.82) is 0 Å². The van der Waals surface area contributed by atoms with E-state index in [2.05, 4.69) is 17.5 Å². The van der Waals surface area contributed by atoms with Crippen LogP contribution in [0.15, 0.2) is 12.2 Å². The molecule has 2 aliphatic heterocycles. The van der Waals surface area contributed by atoms with Crippen molar-refractivity contribution >= 4 is 11.8 Å². The fraction of sp³-hybridized carbons (Fsp3) is 0.714. The maximum absolute atomic E-state index is 12.5. The summed E-state index contributed by atoms with van der Waals surface area (Å²) in [5.74, 6) is 0.811. The highest BCUT2D eigenvalue weighted by Gasteiger charge is 2.60. The van der Waals surface area contributed by atoms with Crippen LogP contribution in [0.1, 0.15) is 19.3 Å². The Balaban J connectivity index is 1.63. The molecule has 0 radical (unpaired) electrons. The molecule has 96 valence electrons. The lowest BCUT2D eigenvalue weighted by atomic mass is 9.85. The van der Waals surface area contributed by atoms with Gasteiger partial charge >= 0.3 is 0 Å². The summed E-state index contributed by atoms with van der Waals surface area (Å²) in [5, 5.41) is 3.29. The van der Waals surface area contributed by atoms with Gasteiger partial charge in [-0.3, -0.25) is 14.5 Å². The van der Waals surface area contributed by atoms with Crippen molar-refractivity contribution in [3.8, 4) is 0 Å². The summed E-state index contributed by atoms with van der Waals surface area (Å²) in [6, 6.07) is 0.101. The monoisotopic (exact) mass is 246 g/mol. The third-order valence-electron chi connectivity index (χ3n) is 5.14. The Hall–Kier alpha value is -1.16. The molecule has 0 aromatic rings. The first-order valence-electron chi connectivity index (χ1n) is 7.03. The van der Waals surface area contributed by atoms with Gasteiger partial charge in [-0.05, 0) is 37.6 Å². The molecule has 2 aliphatic carbocycles. The molecule has 0 spiro atoms. The van der Waals surface area contributed by atoms with Crippen LogP contribution in [0.25, 0.3) is 0 Å². The van der Waals surface area contributed by atoms with Crippen molar-refractivity contribution in [2.45, 2.75) is 25.3 Å². The van der Waals surface area contributed by atoms with Gasteiger partial charge in [-0.15, -0.1) is 0 Å². The zero-order valence-electron chi connectivity index (χ0n) is 10.3. The number of hydrogen-bond donors (Lipinski definition) is 1. The topological polar surface area (TPSA) is 49.4 Å². The molecule has 4 aliphatic rings. The Morgan fingerprint density at radius 1 is 1.11 bits per heavy atom. The molecule has 4 heteroatoms. The van der Waals surface area contributed by atoms with Crippen LogP contribution in [0.2, 0.25) is 0 Å². The van der Waals surface area contributed by atoms with Crippen molar-refractivity contribution in [1.82, 2.24) is 10.2 Å². The van der Waals surface area contributed by atoms with Crippen molar-refractivity contribution in [2.24, 2.45) is 23.7 Å². The number of carbonyl (C=O) groups is 2. The molecule has 5 atom stereocenters. The van der Waals surface area contributed by atoms with Gasteiger partial charge in [0.1, 0.15) is 0 Å². The average Bonchev–Trinajstić information content (AvgIpc) is 3.05. The van der Waals surface area contributed by atoms with Crippen LogP contribution in [0.5, 0.6) is 0 Å². The summed E-state index contributed by atoms with van der Waals surface area (Å²) >= 11 is 0. The van der Waals surface area contributed by atoms with E-state index in [1.807, 2.05) is 0 Å². The number of likely N-dealkylation sites (tertiary alicyclic amines) is 1. The summed E-state index contributed by atoms with van der Waals surface area (Å²) in [6.45, 7) is 1.78. The van der Waals surface area contributed by atoms with E-state index in [0.29, 0.717) is 11.8 Å². The van der Waals surface area contributed by atoms with E-state index < -0.39 is 0 Å². The van der Waals surface area contributed by atoms with Gasteiger partial charge in [0.25, 0.3) is 0 Å². The summed E-state index contributed by atoms with van der Waals surface area (Å²) in [4.78, 5) is 26.7. The van der Waals surface area contributed by atoms with E-state index in [0.717, 1.165) is 32.4 Å². The predicted molar refractivity (Wildman–Crippen MR) is 65.5 cm³/mol. The van der Waals surface area contributed by atoms with Crippen molar-refractivity contribution < 1.29 is 9.59 Å². The van der Waals surface area contributed by atoms with Gasteiger partial charge in [-0.25, -0.2) is 0 Å². The quantitative estimate of drug-likeness (QED) is 0.543. The van der Waals surface area contributed by atoms with Crippen molar-refractivity contribution in [3.05, 3.63) is 12.2 Å². The van der Waals surface area contributed by atoms with Crippen LogP contribution >= 0.6 is 0 Å². The zero-order chi connectivity index (χ0) is 12.3. The van der Waals surface area contributed by atoms with Crippen LogP contribution < -0.4 is 5.32 Å². The number of allylic oxidation sites excluding steroid dienone is 2. The Bertz CT molecular complexity index is 409. The molecule has 1 saturated carbocycles. The molecular formula is C14H18N2O2. The highest BCUT2D eigenvalue weighted by Crippen LogP contribution is 2.52. The van der Waals surface area contributed by atoms with Gasteiger partial charge in [0, 0.05) is 6.54 Å². The number of nitrogens with zero attached hydrogens (tertiary/aromatic N) is 1. The van der Waals surface area contributed by atoms with Gasteiger partial charge in [0.05, 0.1) is 17.9 Å². The third kappa shape index (κ3) is 1.24. The first kappa shape index (κ1) is 10.7. The minimum absolute atomic E-state index is 0.0329. The first-order chi connectivity index (χ1) is 8.77. The molecular weight excluding hydrogens is 228 g/mol. The molecule has 1 N–H and O–H groups in total. The maximum Gasteiger partial charge on any atom is 0.234 e. The molecule has 3 fully saturated rings. The molecule has 0 aromatic heterocycles. The van der Waals surface area contributed by atoms with Crippen LogP contribution in [0, 0.1) is 23.7 Å². The van der Waals surface area contributed by atoms with Crippen LogP contribution in [-0.2, 0) is 9.59 Å². The second kappa shape index (κ2) is 3.67. The van der Waals surface area contributed by atoms with Gasteiger partial charge < -0.3 is 5.32 Å². The molecule has 2 saturated heterocycles. The lowest BCUT2D eigenvalue weighted by Gasteiger charge is -2.31. The lowest BCUT2D eigenvalue weighted by molar-refractivity contribution is -0.143. The van der Waals surface area contributed by atoms with E-state index in [1.165, 1.54) is 0 Å². The molecule has 2 amide bonds. The third-order valence-corrected chi connectivity index (χ3v) is 5.14. The Morgan fingerprint density at radius 2 is 1.78 bits per heavy atom. The molecule has 2 heterocycles. The Morgan fingerprint density at radius 3 is 2.33 bits per heavy atom. The Labute approximate surface area is 106 Å². The van der Waals surface area contributed by atoms with Gasteiger partial charge in [0.2, 0.25) is 11.8 Å². The molecule has 4 nitrogen and oxygen atoms in total. The smallest absolute Gasteiger partial charge is 0.234 e. The largest absolute Gasteiger partial charge is 0.315 e. The molecule has 5 unspecified atom stereocenters. The molecule has 4 rings (SSSR count). The van der Waals surface area contributed by atoms with Gasteiger partial charge in [0.15, 0.2) is 0 Å². The molecule has 18 heavy (non-hydrogen) atoms. The van der Waals surface area contributed by atoms with E-state index in [-0.39, 0.29) is 29.7 Å². The number of amides is 2. The second-order valence-electron chi connectivity index (χ2n) is 6.05. The van der Waals surface area contributed by atoms with Crippen molar-refractivity contribution in [3.63, 3.8) is 0 Å². The predicted octanol–water partition coefficient (Wildman–Crippen LogP) is 0.545. The summed E-state index contributed by atoms with van der Waals surface area (Å²) < 4.78 is 0. The number of nitrogens with one attached hydrogen (secondary N) is 1. The highest BCUT2D eigenvalue weighted by molar-refractivity contribution is 6.06. The van der Waals surface area contributed by atoms with Crippen molar-refractivity contribution in [2.75, 3.05) is 13.1 Å². The number of rotatable bonds is 1. The lowest BCUT2D eigenvalue weighted by Crippen LogP contribution is -2.49. The minimum Gasteiger partial charge on any atom is -0.315 e. The number of fused-ring (bicyclic) bond motifs is 5.